The number of hydrogen-bond donors (Lipinski definition) is 0. The molecular weight excluding hydrogens is 396 g/mol. The van der Waals surface area contributed by atoms with Gasteiger partial charge in [-0.05, 0) is 56.5 Å². The second kappa shape index (κ2) is 12.6. The minimum absolute atomic E-state index is 0.101. The molecule has 0 unspecified atom stereocenters. The van der Waals surface area contributed by atoms with E-state index in [1.807, 2.05) is 0 Å². The molecule has 0 saturated heterocycles. The van der Waals surface area contributed by atoms with Crippen molar-refractivity contribution in [3.63, 3.8) is 0 Å². The Kier molecular flexibility index (Phi) is 9.84. The fourth-order valence-corrected chi connectivity index (χ4v) is 14.0. The van der Waals surface area contributed by atoms with E-state index in [1.165, 1.54) is 128 Å². The molecular formula is C26H52N2Si2. The van der Waals surface area contributed by atoms with Gasteiger partial charge in [0.2, 0.25) is 0 Å². The molecule has 0 radical (unpaired) electrons. The Morgan fingerprint density at radius 3 is 0.900 bits per heavy atom. The number of rotatable bonds is 8. The highest BCUT2D eigenvalue weighted by Crippen LogP contribution is 2.33. The zero-order valence-electron chi connectivity index (χ0n) is 20.3. The predicted octanol–water partition coefficient (Wildman–Crippen LogP) is 5.85. The molecule has 0 aromatic heterocycles. The molecule has 4 aliphatic carbocycles. The molecule has 0 N–H and O–H groups in total. The highest BCUT2D eigenvalue weighted by molar-refractivity contribution is 6.55. The summed E-state index contributed by atoms with van der Waals surface area (Å²) in [6, 6.07) is 3.95. The maximum atomic E-state index is 3.25. The van der Waals surface area contributed by atoms with Crippen molar-refractivity contribution in [1.82, 2.24) is 9.13 Å². The molecule has 0 heterocycles. The van der Waals surface area contributed by atoms with Crippen LogP contribution < -0.4 is 0 Å². The first-order chi connectivity index (χ1) is 14.8. The van der Waals surface area contributed by atoms with E-state index in [0.29, 0.717) is 0 Å². The van der Waals surface area contributed by atoms with Gasteiger partial charge in [0, 0.05) is 24.2 Å². The highest BCUT2D eigenvalue weighted by Gasteiger charge is 2.33. The monoisotopic (exact) mass is 448 g/mol. The molecule has 0 aromatic carbocycles. The van der Waals surface area contributed by atoms with E-state index in [-0.39, 0.29) is 19.4 Å². The smallest absolute Gasteiger partial charge is 0.0966 e. The van der Waals surface area contributed by atoms with Gasteiger partial charge in [-0.1, -0.05) is 84.0 Å². The third-order valence-corrected chi connectivity index (χ3v) is 14.9. The van der Waals surface area contributed by atoms with Gasteiger partial charge < -0.3 is 9.13 Å². The fraction of sp³-hybridized carbons (Fsp3) is 1.00. The topological polar surface area (TPSA) is 6.48 Å². The normalized spacial score (nSPS) is 28.5. The summed E-state index contributed by atoms with van der Waals surface area (Å²) in [6.45, 7) is 2.73. The van der Waals surface area contributed by atoms with Crippen molar-refractivity contribution in [3.8, 4) is 0 Å². The third-order valence-electron chi connectivity index (χ3n) is 9.22. The Morgan fingerprint density at radius 2 is 0.667 bits per heavy atom. The van der Waals surface area contributed by atoms with E-state index in [4.69, 9.17) is 0 Å². The summed E-state index contributed by atoms with van der Waals surface area (Å²) in [5.41, 5.74) is 0. The van der Waals surface area contributed by atoms with Crippen LogP contribution in [0, 0.1) is 0 Å². The lowest BCUT2D eigenvalue weighted by Gasteiger charge is -2.46. The van der Waals surface area contributed by atoms with E-state index in [9.17, 15) is 0 Å². The fourth-order valence-electron chi connectivity index (χ4n) is 7.62. The third kappa shape index (κ3) is 6.68. The van der Waals surface area contributed by atoms with Crippen molar-refractivity contribution in [2.24, 2.45) is 0 Å². The Hall–Kier alpha value is 0.354. The Balaban J connectivity index is 1.40. The quantitative estimate of drug-likeness (QED) is 0.429. The molecule has 0 bridgehead atoms. The van der Waals surface area contributed by atoms with E-state index in [2.05, 4.69) is 16.1 Å². The molecule has 0 spiro atoms. The first-order valence-corrected chi connectivity index (χ1v) is 17.2. The summed E-state index contributed by atoms with van der Waals surface area (Å²) >= 11 is 0. The molecule has 4 fully saturated rings. The second-order valence-corrected chi connectivity index (χ2v) is 17.8. The van der Waals surface area contributed by atoms with Crippen LogP contribution in [-0.4, -0.2) is 52.7 Å². The SMILES string of the molecule is CC([SiH2]N(C1CCCCC1)C1CCCCC1)[SiH2]N(C1CCCCC1)C1CCCCC1. The van der Waals surface area contributed by atoms with Crippen LogP contribution in [0.1, 0.15) is 135 Å². The van der Waals surface area contributed by atoms with Crippen LogP contribution in [0.3, 0.4) is 0 Å². The van der Waals surface area contributed by atoms with Crippen molar-refractivity contribution in [2.45, 2.75) is 165 Å². The van der Waals surface area contributed by atoms with Gasteiger partial charge in [-0.2, -0.15) is 0 Å². The van der Waals surface area contributed by atoms with Crippen molar-refractivity contribution >= 4 is 19.4 Å². The maximum Gasteiger partial charge on any atom is 0.0966 e. The van der Waals surface area contributed by atoms with Gasteiger partial charge in [0.05, 0.1) is 19.4 Å². The summed E-state index contributed by atoms with van der Waals surface area (Å²) in [5.74, 6) is 0. The summed E-state index contributed by atoms with van der Waals surface area (Å²) in [6.07, 6.45) is 30.5. The molecule has 0 amide bonds. The Morgan fingerprint density at radius 1 is 0.433 bits per heavy atom. The second-order valence-electron chi connectivity index (χ2n) is 11.7. The van der Waals surface area contributed by atoms with Gasteiger partial charge in [-0.3, -0.25) is 0 Å². The van der Waals surface area contributed by atoms with Gasteiger partial charge in [-0.25, -0.2) is 0 Å². The Labute approximate surface area is 193 Å². The minimum Gasteiger partial charge on any atom is -0.324 e. The molecule has 30 heavy (non-hydrogen) atoms. The number of nitrogens with zero attached hydrogens (tertiary/aromatic N) is 2. The van der Waals surface area contributed by atoms with E-state index >= 15 is 0 Å². The standard InChI is InChI=1S/C26H52N2Si2/c1-22(29-27(23-14-6-2-7-15-23)24-16-8-3-9-17-24)30-28(25-18-10-4-11-19-25)26-20-12-5-13-21-26/h22-26H,2-21,29-30H2,1H3. The molecule has 0 aliphatic heterocycles. The molecule has 0 aromatic rings. The molecule has 174 valence electrons. The Bertz CT molecular complexity index is 386. The molecule has 2 nitrogen and oxygen atoms in total. The van der Waals surface area contributed by atoms with Gasteiger partial charge in [-0.15, -0.1) is 0 Å². The van der Waals surface area contributed by atoms with Gasteiger partial charge in [0.1, 0.15) is 0 Å². The van der Waals surface area contributed by atoms with Crippen LogP contribution in [0.25, 0.3) is 0 Å². The van der Waals surface area contributed by atoms with Crippen LogP contribution in [0.2, 0.25) is 5.16 Å². The van der Waals surface area contributed by atoms with E-state index in [1.54, 1.807) is 0 Å². The zero-order valence-corrected chi connectivity index (χ0v) is 23.2. The molecule has 4 heteroatoms. The van der Waals surface area contributed by atoms with Crippen LogP contribution in [-0.2, 0) is 0 Å². The van der Waals surface area contributed by atoms with Crippen molar-refractivity contribution in [2.75, 3.05) is 0 Å². The summed E-state index contributed by atoms with van der Waals surface area (Å²) < 4.78 is 6.49. The molecule has 0 atom stereocenters. The van der Waals surface area contributed by atoms with E-state index < -0.39 is 0 Å². The van der Waals surface area contributed by atoms with Crippen molar-refractivity contribution < 1.29 is 0 Å². The molecule has 4 rings (SSSR count). The van der Waals surface area contributed by atoms with Crippen molar-refractivity contribution in [1.29, 1.82) is 0 Å². The highest BCUT2D eigenvalue weighted by atomic mass is 28.3. The average Bonchev–Trinajstić information content (AvgIpc) is 2.83. The molecule has 4 saturated carbocycles. The van der Waals surface area contributed by atoms with E-state index in [0.717, 1.165) is 29.3 Å². The minimum atomic E-state index is -0.101. The van der Waals surface area contributed by atoms with Gasteiger partial charge in [0.15, 0.2) is 0 Å². The van der Waals surface area contributed by atoms with Crippen LogP contribution in [0.5, 0.6) is 0 Å². The first kappa shape index (κ1) is 23.5. The summed E-state index contributed by atoms with van der Waals surface area (Å²) in [7, 11) is -0.201. The average molecular weight is 449 g/mol. The summed E-state index contributed by atoms with van der Waals surface area (Å²) in [5, 5.41) is 1.11. The lowest BCUT2D eigenvalue weighted by Crippen LogP contribution is -2.52. The van der Waals surface area contributed by atoms with Gasteiger partial charge in [0.25, 0.3) is 0 Å². The largest absolute Gasteiger partial charge is 0.324 e. The van der Waals surface area contributed by atoms with Crippen LogP contribution >= 0.6 is 0 Å². The predicted molar refractivity (Wildman–Crippen MR) is 138 cm³/mol. The first-order valence-electron chi connectivity index (χ1n) is 14.3. The lowest BCUT2D eigenvalue weighted by molar-refractivity contribution is 0.164. The maximum absolute atomic E-state index is 3.25. The van der Waals surface area contributed by atoms with Crippen molar-refractivity contribution in [3.05, 3.63) is 0 Å². The summed E-state index contributed by atoms with van der Waals surface area (Å²) in [4.78, 5) is 0. The lowest BCUT2D eigenvalue weighted by atomic mass is 9.91. The molecule has 4 aliphatic rings. The number of hydrogen-bond acceptors (Lipinski definition) is 2. The van der Waals surface area contributed by atoms with Crippen LogP contribution in [0.4, 0.5) is 0 Å². The zero-order chi connectivity index (χ0) is 20.6. The van der Waals surface area contributed by atoms with Crippen LogP contribution in [0.15, 0.2) is 0 Å². The van der Waals surface area contributed by atoms with Gasteiger partial charge >= 0.3 is 0 Å².